The summed E-state index contributed by atoms with van der Waals surface area (Å²) < 4.78 is 0. The van der Waals surface area contributed by atoms with Gasteiger partial charge in [-0.3, -0.25) is 19.3 Å². The third kappa shape index (κ3) is 3.53. The number of rotatable bonds is 5. The number of hydrogen-bond acceptors (Lipinski definition) is 4. The fourth-order valence-electron chi connectivity index (χ4n) is 1.93. The molecule has 0 aromatic rings. The van der Waals surface area contributed by atoms with E-state index in [1.54, 1.807) is 13.8 Å². The van der Waals surface area contributed by atoms with Gasteiger partial charge >= 0.3 is 0 Å². The monoisotopic (exact) mass is 255 g/mol. The number of nitrogens with zero attached hydrogens (tertiary/aromatic N) is 1. The van der Waals surface area contributed by atoms with Gasteiger partial charge in [0.25, 0.3) is 5.91 Å². The highest BCUT2D eigenvalue weighted by Gasteiger charge is 2.40. The van der Waals surface area contributed by atoms with Crippen LogP contribution in [-0.4, -0.2) is 40.7 Å². The van der Waals surface area contributed by atoms with Gasteiger partial charge in [-0.25, -0.2) is 0 Å². The minimum atomic E-state index is -0.708. The summed E-state index contributed by atoms with van der Waals surface area (Å²) in [5, 5.41) is 2.59. The lowest BCUT2D eigenvalue weighted by Crippen LogP contribution is -2.44. The van der Waals surface area contributed by atoms with E-state index < -0.39 is 6.04 Å². The van der Waals surface area contributed by atoms with E-state index in [-0.39, 0.29) is 42.6 Å². The predicted octanol–water partition coefficient (Wildman–Crippen LogP) is -0.234. The molecular weight excluding hydrogens is 234 g/mol. The number of hydrogen-bond donors (Lipinski definition) is 2. The first-order valence-corrected chi connectivity index (χ1v) is 6.23. The van der Waals surface area contributed by atoms with E-state index in [2.05, 4.69) is 5.32 Å². The zero-order valence-electron chi connectivity index (χ0n) is 11.1. The van der Waals surface area contributed by atoms with Gasteiger partial charge in [0.1, 0.15) is 6.04 Å². The van der Waals surface area contributed by atoms with Gasteiger partial charge in [0.05, 0.1) is 6.42 Å². The zero-order chi connectivity index (χ0) is 13.9. The van der Waals surface area contributed by atoms with Crippen LogP contribution in [0.15, 0.2) is 0 Å². The molecule has 0 radical (unpaired) electrons. The fraction of sp³-hybridized carbons (Fsp3) is 0.750. The van der Waals surface area contributed by atoms with Gasteiger partial charge in [-0.1, -0.05) is 0 Å². The lowest BCUT2D eigenvalue weighted by molar-refractivity contribution is -0.141. The van der Waals surface area contributed by atoms with Crippen LogP contribution >= 0.6 is 0 Å². The predicted molar refractivity (Wildman–Crippen MR) is 66.4 cm³/mol. The first-order chi connectivity index (χ1) is 8.32. The highest BCUT2D eigenvalue weighted by Crippen LogP contribution is 2.16. The Morgan fingerprint density at radius 3 is 2.50 bits per heavy atom. The Labute approximate surface area is 107 Å². The van der Waals surface area contributed by atoms with Crippen LogP contribution in [0.1, 0.15) is 40.0 Å². The van der Waals surface area contributed by atoms with Crippen LogP contribution < -0.4 is 11.1 Å². The number of imide groups is 1. The van der Waals surface area contributed by atoms with E-state index in [0.717, 1.165) is 0 Å². The highest BCUT2D eigenvalue weighted by molar-refractivity contribution is 6.07. The molecular formula is C12H21N3O3. The molecule has 0 bridgehead atoms. The second-order valence-electron chi connectivity index (χ2n) is 5.04. The van der Waals surface area contributed by atoms with Crippen molar-refractivity contribution in [1.29, 1.82) is 0 Å². The second kappa shape index (κ2) is 5.95. The Hall–Kier alpha value is -1.43. The summed E-state index contributed by atoms with van der Waals surface area (Å²) in [6.07, 6.45) is 0.896. The highest BCUT2D eigenvalue weighted by atomic mass is 16.2. The van der Waals surface area contributed by atoms with E-state index in [9.17, 15) is 14.4 Å². The van der Waals surface area contributed by atoms with E-state index in [0.29, 0.717) is 6.42 Å². The number of likely N-dealkylation sites (tertiary alicyclic amines) is 1. The molecule has 1 saturated heterocycles. The maximum absolute atomic E-state index is 11.9. The third-order valence-electron chi connectivity index (χ3n) is 2.86. The van der Waals surface area contributed by atoms with Crippen molar-refractivity contribution >= 4 is 17.7 Å². The van der Waals surface area contributed by atoms with Gasteiger partial charge in [0, 0.05) is 18.5 Å². The maximum Gasteiger partial charge on any atom is 0.252 e. The molecule has 6 heteroatoms. The first-order valence-electron chi connectivity index (χ1n) is 6.23. The maximum atomic E-state index is 11.9. The summed E-state index contributed by atoms with van der Waals surface area (Å²) in [4.78, 5) is 36.3. The summed E-state index contributed by atoms with van der Waals surface area (Å²) in [5.74, 6) is -0.777. The van der Waals surface area contributed by atoms with E-state index in [1.807, 2.05) is 6.92 Å². The molecule has 1 heterocycles. The standard InChI is InChI=1S/C12H21N3O3/c1-7(2)15-11(17)6-9(12(15)18)14-10(16)5-4-8(3)13/h7-9H,4-6,13H2,1-3H3,(H,14,16). The van der Waals surface area contributed by atoms with Crippen LogP contribution in [0.3, 0.4) is 0 Å². The van der Waals surface area contributed by atoms with Crippen molar-refractivity contribution in [3.8, 4) is 0 Å². The van der Waals surface area contributed by atoms with Gasteiger partial charge in [-0.15, -0.1) is 0 Å². The summed E-state index contributed by atoms with van der Waals surface area (Å²) in [5.41, 5.74) is 5.55. The van der Waals surface area contributed by atoms with Crippen LogP contribution in [0.5, 0.6) is 0 Å². The van der Waals surface area contributed by atoms with E-state index >= 15 is 0 Å². The van der Waals surface area contributed by atoms with Crippen molar-refractivity contribution in [3.63, 3.8) is 0 Å². The van der Waals surface area contributed by atoms with Crippen molar-refractivity contribution in [2.75, 3.05) is 0 Å². The normalized spacial score (nSPS) is 21.6. The SMILES string of the molecule is CC(N)CCC(=O)NC1CC(=O)N(C(C)C)C1=O. The Kier molecular flexibility index (Phi) is 4.84. The summed E-state index contributed by atoms with van der Waals surface area (Å²) in [6, 6.07) is -0.930. The molecule has 1 fully saturated rings. The number of amides is 3. The van der Waals surface area contributed by atoms with Gasteiger partial charge in [0.2, 0.25) is 11.8 Å². The van der Waals surface area contributed by atoms with E-state index in [1.165, 1.54) is 4.90 Å². The third-order valence-corrected chi connectivity index (χ3v) is 2.86. The quantitative estimate of drug-likeness (QED) is 0.663. The van der Waals surface area contributed by atoms with Gasteiger partial charge < -0.3 is 11.1 Å². The summed E-state index contributed by atoms with van der Waals surface area (Å²) in [6.45, 7) is 5.37. The molecule has 0 aromatic heterocycles. The fourth-order valence-corrected chi connectivity index (χ4v) is 1.93. The van der Waals surface area contributed by atoms with Crippen molar-refractivity contribution in [2.24, 2.45) is 5.73 Å². The topological polar surface area (TPSA) is 92.5 Å². The van der Waals surface area contributed by atoms with Crippen LogP contribution in [0.2, 0.25) is 0 Å². The Morgan fingerprint density at radius 1 is 1.44 bits per heavy atom. The number of carbonyl (C=O) groups excluding carboxylic acids is 3. The molecule has 1 aliphatic heterocycles. The smallest absolute Gasteiger partial charge is 0.252 e. The second-order valence-corrected chi connectivity index (χ2v) is 5.04. The molecule has 0 aliphatic carbocycles. The molecule has 0 saturated carbocycles. The summed E-state index contributed by atoms with van der Waals surface area (Å²) in [7, 11) is 0. The molecule has 0 spiro atoms. The van der Waals surface area contributed by atoms with Crippen molar-refractivity contribution in [1.82, 2.24) is 10.2 Å². The molecule has 18 heavy (non-hydrogen) atoms. The van der Waals surface area contributed by atoms with Gasteiger partial charge in [0.15, 0.2) is 0 Å². The minimum absolute atomic E-state index is 0.0520. The van der Waals surface area contributed by atoms with Crippen LogP contribution in [-0.2, 0) is 14.4 Å². The minimum Gasteiger partial charge on any atom is -0.344 e. The Bertz CT molecular complexity index is 352. The average molecular weight is 255 g/mol. The molecule has 1 aliphatic rings. The molecule has 2 atom stereocenters. The van der Waals surface area contributed by atoms with Crippen molar-refractivity contribution in [3.05, 3.63) is 0 Å². The average Bonchev–Trinajstić information content (AvgIpc) is 2.51. The Balaban J connectivity index is 2.52. The van der Waals surface area contributed by atoms with Crippen LogP contribution in [0.25, 0.3) is 0 Å². The molecule has 6 nitrogen and oxygen atoms in total. The van der Waals surface area contributed by atoms with Gasteiger partial charge in [-0.2, -0.15) is 0 Å². The van der Waals surface area contributed by atoms with E-state index in [4.69, 9.17) is 5.73 Å². The van der Waals surface area contributed by atoms with Crippen molar-refractivity contribution in [2.45, 2.75) is 58.2 Å². The van der Waals surface area contributed by atoms with Crippen molar-refractivity contribution < 1.29 is 14.4 Å². The summed E-state index contributed by atoms with van der Waals surface area (Å²) >= 11 is 0. The zero-order valence-corrected chi connectivity index (χ0v) is 11.1. The Morgan fingerprint density at radius 2 is 2.06 bits per heavy atom. The largest absolute Gasteiger partial charge is 0.344 e. The molecule has 1 rings (SSSR count). The number of carbonyl (C=O) groups is 3. The lowest BCUT2D eigenvalue weighted by Gasteiger charge is -2.19. The van der Waals surface area contributed by atoms with Crippen LogP contribution in [0.4, 0.5) is 0 Å². The lowest BCUT2D eigenvalue weighted by atomic mass is 10.1. The van der Waals surface area contributed by atoms with Crippen LogP contribution in [0, 0.1) is 0 Å². The molecule has 0 aromatic carbocycles. The molecule has 3 amide bonds. The molecule has 102 valence electrons. The van der Waals surface area contributed by atoms with Gasteiger partial charge in [-0.05, 0) is 27.2 Å². The molecule has 2 unspecified atom stereocenters. The number of nitrogens with two attached hydrogens (primary N) is 1. The number of nitrogens with one attached hydrogen (secondary N) is 1. The first kappa shape index (κ1) is 14.6. The molecule has 3 N–H and O–H groups in total.